The minimum absolute atomic E-state index is 0.670. The molecule has 1 atom stereocenters. The van der Waals surface area contributed by atoms with E-state index in [9.17, 15) is 0 Å². The molecule has 0 amide bonds. The van der Waals surface area contributed by atoms with Gasteiger partial charge in [0.1, 0.15) is 0 Å². The van der Waals surface area contributed by atoms with E-state index in [4.69, 9.17) is 0 Å². The van der Waals surface area contributed by atoms with Crippen LogP contribution in [0.25, 0.3) is 0 Å². The predicted molar refractivity (Wildman–Crippen MR) is 63.8 cm³/mol. The zero-order chi connectivity index (χ0) is 10.5. The number of benzene rings is 1. The number of piperidine rings is 1. The first-order valence-corrected chi connectivity index (χ1v) is 5.80. The van der Waals surface area contributed by atoms with Crippen molar-refractivity contribution in [1.29, 1.82) is 0 Å². The Morgan fingerprint density at radius 3 is 2.87 bits per heavy atom. The monoisotopic (exact) mass is 204 g/mol. The first-order valence-electron chi connectivity index (χ1n) is 5.80. The average Bonchev–Trinajstić information content (AvgIpc) is 2.28. The van der Waals surface area contributed by atoms with Crippen LogP contribution in [0.5, 0.6) is 0 Å². The van der Waals surface area contributed by atoms with E-state index in [2.05, 4.69) is 47.6 Å². The summed E-state index contributed by atoms with van der Waals surface area (Å²) in [6.07, 6.45) is 2.64. The predicted octanol–water partition coefficient (Wildman–Crippen LogP) is 1.87. The van der Waals surface area contributed by atoms with E-state index in [-0.39, 0.29) is 0 Å². The highest BCUT2D eigenvalue weighted by molar-refractivity contribution is 5.14. The highest BCUT2D eigenvalue weighted by atomic mass is 15.1. The fourth-order valence-corrected chi connectivity index (χ4v) is 2.19. The van der Waals surface area contributed by atoms with Gasteiger partial charge in [0.25, 0.3) is 0 Å². The van der Waals surface area contributed by atoms with E-state index in [1.807, 2.05) is 0 Å². The molecule has 2 heteroatoms. The molecule has 2 nitrogen and oxygen atoms in total. The van der Waals surface area contributed by atoms with Crippen LogP contribution in [0.15, 0.2) is 30.3 Å². The fraction of sp³-hybridized carbons (Fsp3) is 0.538. The Bertz CT molecular complexity index is 284. The second-order valence-corrected chi connectivity index (χ2v) is 4.47. The lowest BCUT2D eigenvalue weighted by molar-refractivity contribution is 0.226. The maximum atomic E-state index is 3.63. The van der Waals surface area contributed by atoms with Gasteiger partial charge < -0.3 is 10.2 Å². The number of nitrogens with one attached hydrogen (secondary N) is 1. The number of rotatable bonds is 3. The second-order valence-electron chi connectivity index (χ2n) is 4.47. The van der Waals surface area contributed by atoms with E-state index in [0.717, 1.165) is 6.54 Å². The van der Waals surface area contributed by atoms with Gasteiger partial charge in [-0.3, -0.25) is 0 Å². The summed E-state index contributed by atoms with van der Waals surface area (Å²) in [5.74, 6) is 0. The Morgan fingerprint density at radius 1 is 1.33 bits per heavy atom. The van der Waals surface area contributed by atoms with Crippen LogP contribution >= 0.6 is 0 Å². The van der Waals surface area contributed by atoms with E-state index in [1.54, 1.807) is 0 Å². The Balaban J connectivity index is 1.78. The van der Waals surface area contributed by atoms with Gasteiger partial charge in [-0.25, -0.2) is 0 Å². The SMILES string of the molecule is CN1CCCC(NCc2ccccc2)C1. The van der Waals surface area contributed by atoms with Crippen LogP contribution in [0, 0.1) is 0 Å². The molecule has 1 fully saturated rings. The van der Waals surface area contributed by atoms with Crippen LogP contribution in [0.4, 0.5) is 0 Å². The van der Waals surface area contributed by atoms with Crippen LogP contribution in [-0.2, 0) is 6.54 Å². The molecule has 0 bridgehead atoms. The number of hydrogen-bond acceptors (Lipinski definition) is 2. The molecule has 1 aromatic rings. The molecule has 1 unspecified atom stereocenters. The molecular formula is C13H20N2. The molecule has 0 aromatic heterocycles. The summed E-state index contributed by atoms with van der Waals surface area (Å²) < 4.78 is 0. The summed E-state index contributed by atoms with van der Waals surface area (Å²) in [6, 6.07) is 11.3. The summed E-state index contributed by atoms with van der Waals surface area (Å²) in [4.78, 5) is 2.41. The van der Waals surface area contributed by atoms with Crippen LogP contribution in [0.3, 0.4) is 0 Å². The Kier molecular flexibility index (Phi) is 3.75. The highest BCUT2D eigenvalue weighted by Gasteiger charge is 2.15. The van der Waals surface area contributed by atoms with Gasteiger partial charge in [0, 0.05) is 19.1 Å². The lowest BCUT2D eigenvalue weighted by Crippen LogP contribution is -2.43. The minimum Gasteiger partial charge on any atom is -0.309 e. The molecule has 2 rings (SSSR count). The van der Waals surface area contributed by atoms with Crippen LogP contribution in [0.2, 0.25) is 0 Å². The molecule has 15 heavy (non-hydrogen) atoms. The average molecular weight is 204 g/mol. The molecule has 0 aliphatic carbocycles. The van der Waals surface area contributed by atoms with E-state index in [0.29, 0.717) is 6.04 Å². The maximum absolute atomic E-state index is 3.63. The van der Waals surface area contributed by atoms with Crippen molar-refractivity contribution < 1.29 is 0 Å². The van der Waals surface area contributed by atoms with Gasteiger partial charge in [-0.15, -0.1) is 0 Å². The van der Waals surface area contributed by atoms with Gasteiger partial charge in [-0.05, 0) is 32.0 Å². The lowest BCUT2D eigenvalue weighted by Gasteiger charge is -2.30. The third kappa shape index (κ3) is 3.33. The Morgan fingerprint density at radius 2 is 2.13 bits per heavy atom. The summed E-state index contributed by atoms with van der Waals surface area (Å²) in [5.41, 5.74) is 1.38. The molecule has 1 aliphatic rings. The molecule has 1 aromatic carbocycles. The number of likely N-dealkylation sites (tertiary alicyclic amines) is 1. The molecule has 1 heterocycles. The Hall–Kier alpha value is -0.860. The summed E-state index contributed by atoms with van der Waals surface area (Å²) in [6.45, 7) is 3.44. The zero-order valence-corrected chi connectivity index (χ0v) is 9.45. The van der Waals surface area contributed by atoms with Crippen molar-refractivity contribution in [2.24, 2.45) is 0 Å². The zero-order valence-electron chi connectivity index (χ0n) is 9.45. The lowest BCUT2D eigenvalue weighted by atomic mass is 10.1. The van der Waals surface area contributed by atoms with Crippen molar-refractivity contribution in [2.75, 3.05) is 20.1 Å². The number of nitrogens with zero attached hydrogens (tertiary/aromatic N) is 1. The van der Waals surface area contributed by atoms with Gasteiger partial charge in [-0.2, -0.15) is 0 Å². The van der Waals surface area contributed by atoms with Crippen LogP contribution in [-0.4, -0.2) is 31.1 Å². The molecule has 1 saturated heterocycles. The standard InChI is InChI=1S/C13H20N2/c1-15-9-5-8-13(11-15)14-10-12-6-3-2-4-7-12/h2-4,6-7,13-14H,5,8-11H2,1H3. The van der Waals surface area contributed by atoms with E-state index < -0.39 is 0 Å². The Labute approximate surface area is 92.3 Å². The molecule has 1 N–H and O–H groups in total. The van der Waals surface area contributed by atoms with Gasteiger partial charge in [0.05, 0.1) is 0 Å². The quantitative estimate of drug-likeness (QED) is 0.808. The maximum Gasteiger partial charge on any atom is 0.0208 e. The fourth-order valence-electron chi connectivity index (χ4n) is 2.19. The van der Waals surface area contributed by atoms with Crippen molar-refractivity contribution in [3.8, 4) is 0 Å². The molecule has 0 radical (unpaired) electrons. The van der Waals surface area contributed by atoms with Gasteiger partial charge in [-0.1, -0.05) is 30.3 Å². The van der Waals surface area contributed by atoms with Crippen molar-refractivity contribution in [3.05, 3.63) is 35.9 Å². The number of likely N-dealkylation sites (N-methyl/N-ethyl adjacent to an activating group) is 1. The molecule has 0 saturated carbocycles. The van der Waals surface area contributed by atoms with Crippen molar-refractivity contribution in [3.63, 3.8) is 0 Å². The topological polar surface area (TPSA) is 15.3 Å². The highest BCUT2D eigenvalue weighted by Crippen LogP contribution is 2.08. The summed E-state index contributed by atoms with van der Waals surface area (Å²) >= 11 is 0. The normalized spacial score (nSPS) is 22.9. The molecule has 0 spiro atoms. The first-order chi connectivity index (χ1) is 7.34. The largest absolute Gasteiger partial charge is 0.309 e. The third-order valence-corrected chi connectivity index (χ3v) is 3.06. The van der Waals surface area contributed by atoms with Crippen LogP contribution in [0.1, 0.15) is 18.4 Å². The first kappa shape index (κ1) is 10.7. The number of hydrogen-bond donors (Lipinski definition) is 1. The van der Waals surface area contributed by atoms with Gasteiger partial charge in [0.15, 0.2) is 0 Å². The molecular weight excluding hydrogens is 184 g/mol. The summed E-state index contributed by atoms with van der Waals surface area (Å²) in [5, 5.41) is 3.63. The third-order valence-electron chi connectivity index (χ3n) is 3.06. The smallest absolute Gasteiger partial charge is 0.0208 e. The second kappa shape index (κ2) is 5.29. The van der Waals surface area contributed by atoms with Crippen molar-refractivity contribution >= 4 is 0 Å². The van der Waals surface area contributed by atoms with Crippen molar-refractivity contribution in [1.82, 2.24) is 10.2 Å². The van der Waals surface area contributed by atoms with Crippen molar-refractivity contribution in [2.45, 2.75) is 25.4 Å². The minimum atomic E-state index is 0.670. The molecule has 82 valence electrons. The van der Waals surface area contributed by atoms with Crippen LogP contribution < -0.4 is 5.32 Å². The van der Waals surface area contributed by atoms with Gasteiger partial charge in [0.2, 0.25) is 0 Å². The molecule has 1 aliphatic heterocycles. The van der Waals surface area contributed by atoms with E-state index in [1.165, 1.54) is 31.5 Å². The van der Waals surface area contributed by atoms with E-state index >= 15 is 0 Å². The summed E-state index contributed by atoms with van der Waals surface area (Å²) in [7, 11) is 2.20. The van der Waals surface area contributed by atoms with Gasteiger partial charge >= 0.3 is 0 Å².